The minimum Gasteiger partial charge on any atom is -0.476 e. The van der Waals surface area contributed by atoms with E-state index in [1.54, 1.807) is 31.5 Å². The maximum Gasteiger partial charge on any atom is 0.358 e. The molecule has 3 heterocycles. The number of nitrogens with zero attached hydrogens (tertiary/aromatic N) is 6. The molecule has 0 atom stereocenters. The van der Waals surface area contributed by atoms with Crippen molar-refractivity contribution in [3.05, 3.63) is 41.9 Å². The normalized spacial score (nSPS) is 10.7. The van der Waals surface area contributed by atoms with Crippen LogP contribution in [0.4, 0.5) is 0 Å². The van der Waals surface area contributed by atoms with Crippen LogP contribution in [-0.2, 0) is 6.54 Å². The van der Waals surface area contributed by atoms with E-state index in [4.69, 9.17) is 4.52 Å². The second-order valence-electron chi connectivity index (χ2n) is 4.22. The third-order valence-corrected chi connectivity index (χ3v) is 2.75. The van der Waals surface area contributed by atoms with Gasteiger partial charge in [-0.2, -0.15) is 4.98 Å². The Morgan fingerprint density at radius 3 is 2.76 bits per heavy atom. The summed E-state index contributed by atoms with van der Waals surface area (Å²) in [7, 11) is 0. The highest BCUT2D eigenvalue weighted by molar-refractivity contribution is 5.92. The Bertz CT molecular complexity index is 779. The Morgan fingerprint density at radius 2 is 2.14 bits per heavy atom. The van der Waals surface area contributed by atoms with Gasteiger partial charge in [-0.3, -0.25) is 4.98 Å². The van der Waals surface area contributed by atoms with Crippen molar-refractivity contribution in [3.63, 3.8) is 0 Å². The lowest BCUT2D eigenvalue weighted by atomic mass is 10.1. The van der Waals surface area contributed by atoms with E-state index in [9.17, 15) is 9.90 Å². The number of aromatic nitrogens is 6. The van der Waals surface area contributed by atoms with Gasteiger partial charge in [0, 0.05) is 18.0 Å². The summed E-state index contributed by atoms with van der Waals surface area (Å²) >= 11 is 0. The van der Waals surface area contributed by atoms with Gasteiger partial charge in [0.15, 0.2) is 11.5 Å². The molecule has 9 heteroatoms. The summed E-state index contributed by atoms with van der Waals surface area (Å²) in [4.78, 5) is 19.3. The van der Waals surface area contributed by atoms with E-state index in [0.717, 1.165) is 0 Å². The lowest BCUT2D eigenvalue weighted by Gasteiger charge is -2.04. The first-order valence-corrected chi connectivity index (χ1v) is 6.01. The third kappa shape index (κ3) is 2.48. The second-order valence-corrected chi connectivity index (χ2v) is 4.22. The molecule has 0 amide bonds. The Balaban J connectivity index is 2.07. The first kappa shape index (κ1) is 12.9. The molecule has 3 aromatic rings. The largest absolute Gasteiger partial charge is 0.476 e. The van der Waals surface area contributed by atoms with E-state index in [1.807, 2.05) is 0 Å². The lowest BCUT2D eigenvalue weighted by Crippen LogP contribution is -2.06. The summed E-state index contributed by atoms with van der Waals surface area (Å²) in [5.74, 6) is -0.339. The summed E-state index contributed by atoms with van der Waals surface area (Å²) in [6.07, 6.45) is 3.13. The number of carboxylic acids is 1. The molecular formula is C12H10N6O3. The fraction of sp³-hybridized carbons (Fsp3) is 0.167. The Morgan fingerprint density at radius 1 is 1.38 bits per heavy atom. The summed E-state index contributed by atoms with van der Waals surface area (Å²) in [5, 5.41) is 20.5. The van der Waals surface area contributed by atoms with Crippen LogP contribution in [0.25, 0.3) is 11.3 Å². The highest BCUT2D eigenvalue weighted by atomic mass is 16.5. The smallest absolute Gasteiger partial charge is 0.358 e. The van der Waals surface area contributed by atoms with Crippen molar-refractivity contribution in [2.24, 2.45) is 0 Å². The molecule has 106 valence electrons. The highest BCUT2D eigenvalue weighted by Crippen LogP contribution is 2.22. The van der Waals surface area contributed by atoms with Crippen molar-refractivity contribution < 1.29 is 14.4 Å². The number of hydrogen-bond acceptors (Lipinski definition) is 7. The molecule has 0 unspecified atom stereocenters. The van der Waals surface area contributed by atoms with Crippen molar-refractivity contribution >= 4 is 5.97 Å². The molecule has 21 heavy (non-hydrogen) atoms. The van der Waals surface area contributed by atoms with Crippen molar-refractivity contribution in [3.8, 4) is 11.3 Å². The van der Waals surface area contributed by atoms with Crippen molar-refractivity contribution in [1.82, 2.24) is 30.1 Å². The number of rotatable bonds is 4. The molecule has 1 N–H and O–H groups in total. The number of aryl methyl sites for hydroxylation is 1. The number of carboxylic acid groups (broad SMARTS) is 1. The number of aromatic carboxylic acids is 1. The zero-order valence-corrected chi connectivity index (χ0v) is 11.0. The molecule has 0 saturated carbocycles. The molecule has 0 radical (unpaired) electrons. The molecule has 0 aliphatic rings. The van der Waals surface area contributed by atoms with Crippen LogP contribution in [0.15, 0.2) is 29.0 Å². The van der Waals surface area contributed by atoms with Gasteiger partial charge < -0.3 is 9.63 Å². The van der Waals surface area contributed by atoms with Crippen LogP contribution in [0.5, 0.6) is 0 Å². The van der Waals surface area contributed by atoms with Gasteiger partial charge >= 0.3 is 5.97 Å². The zero-order chi connectivity index (χ0) is 14.8. The van der Waals surface area contributed by atoms with Crippen LogP contribution >= 0.6 is 0 Å². The van der Waals surface area contributed by atoms with Crippen LogP contribution in [0.2, 0.25) is 0 Å². The fourth-order valence-corrected chi connectivity index (χ4v) is 1.90. The molecule has 0 spiro atoms. The predicted octanol–water partition coefficient (Wildman–Crippen LogP) is 0.778. The van der Waals surface area contributed by atoms with E-state index in [1.165, 1.54) is 4.68 Å². The third-order valence-electron chi connectivity index (χ3n) is 2.75. The van der Waals surface area contributed by atoms with Crippen molar-refractivity contribution in [1.29, 1.82) is 0 Å². The van der Waals surface area contributed by atoms with Gasteiger partial charge in [0.2, 0.25) is 5.89 Å². The predicted molar refractivity (Wildman–Crippen MR) is 68.3 cm³/mol. The molecule has 0 aromatic carbocycles. The molecule has 0 aliphatic heterocycles. The summed E-state index contributed by atoms with van der Waals surface area (Å²) < 4.78 is 6.43. The average molecular weight is 286 g/mol. The average Bonchev–Trinajstić information content (AvgIpc) is 3.07. The molecule has 0 fully saturated rings. The maximum atomic E-state index is 11.3. The molecule has 0 saturated heterocycles. The van der Waals surface area contributed by atoms with E-state index >= 15 is 0 Å². The lowest BCUT2D eigenvalue weighted by molar-refractivity contribution is 0.0691. The molecule has 9 nitrogen and oxygen atoms in total. The molecular weight excluding hydrogens is 276 g/mol. The highest BCUT2D eigenvalue weighted by Gasteiger charge is 2.21. The SMILES string of the molecule is Cc1noc(Cn2nnc(C(=O)O)c2-c2ccncc2)n1. The second kappa shape index (κ2) is 5.12. The summed E-state index contributed by atoms with van der Waals surface area (Å²) in [6, 6.07) is 3.36. The van der Waals surface area contributed by atoms with Crippen LogP contribution in [0.1, 0.15) is 22.2 Å². The Kier molecular flexibility index (Phi) is 3.14. The minimum atomic E-state index is -1.16. The van der Waals surface area contributed by atoms with E-state index < -0.39 is 5.97 Å². The van der Waals surface area contributed by atoms with Crippen molar-refractivity contribution in [2.45, 2.75) is 13.5 Å². The van der Waals surface area contributed by atoms with Crippen LogP contribution in [-0.4, -0.2) is 41.2 Å². The van der Waals surface area contributed by atoms with E-state index in [2.05, 4.69) is 25.4 Å². The van der Waals surface area contributed by atoms with Gasteiger partial charge in [-0.05, 0) is 19.1 Å². The Labute approximate surface area is 118 Å². The fourth-order valence-electron chi connectivity index (χ4n) is 1.90. The van der Waals surface area contributed by atoms with E-state index in [0.29, 0.717) is 23.0 Å². The maximum absolute atomic E-state index is 11.3. The number of hydrogen-bond donors (Lipinski definition) is 1. The molecule has 3 rings (SSSR count). The first-order chi connectivity index (χ1) is 10.1. The van der Waals surface area contributed by atoms with E-state index in [-0.39, 0.29) is 12.2 Å². The standard InChI is InChI=1S/C12H10N6O3/c1-7-14-9(21-16-7)6-18-11(8-2-4-13-5-3-8)10(12(19)20)15-17-18/h2-5H,6H2,1H3,(H,19,20). The van der Waals surface area contributed by atoms with Crippen LogP contribution in [0, 0.1) is 6.92 Å². The molecule has 0 bridgehead atoms. The minimum absolute atomic E-state index is 0.138. The summed E-state index contributed by atoms with van der Waals surface area (Å²) in [5.41, 5.74) is 0.863. The quantitative estimate of drug-likeness (QED) is 0.747. The van der Waals surface area contributed by atoms with Gasteiger partial charge in [-0.1, -0.05) is 10.4 Å². The van der Waals surface area contributed by atoms with Gasteiger partial charge in [0.1, 0.15) is 12.2 Å². The molecule has 0 aliphatic carbocycles. The topological polar surface area (TPSA) is 120 Å². The number of carbonyl (C=O) groups is 1. The summed E-state index contributed by atoms with van der Waals surface area (Å²) in [6.45, 7) is 1.83. The van der Waals surface area contributed by atoms with Gasteiger partial charge in [0.05, 0.1) is 0 Å². The van der Waals surface area contributed by atoms with Gasteiger partial charge in [-0.15, -0.1) is 5.10 Å². The van der Waals surface area contributed by atoms with Crippen LogP contribution in [0.3, 0.4) is 0 Å². The Hall–Kier alpha value is -3.10. The first-order valence-electron chi connectivity index (χ1n) is 6.01. The monoisotopic (exact) mass is 286 g/mol. The number of pyridine rings is 1. The van der Waals surface area contributed by atoms with Crippen LogP contribution < -0.4 is 0 Å². The molecule has 3 aromatic heterocycles. The van der Waals surface area contributed by atoms with Gasteiger partial charge in [0.25, 0.3) is 0 Å². The zero-order valence-electron chi connectivity index (χ0n) is 11.0. The van der Waals surface area contributed by atoms with Crippen molar-refractivity contribution in [2.75, 3.05) is 0 Å². The van der Waals surface area contributed by atoms with Gasteiger partial charge in [-0.25, -0.2) is 9.48 Å².